The van der Waals surface area contributed by atoms with Gasteiger partial charge < -0.3 is 10.1 Å². The standard InChI is InChI=1S/C23H23ClN2O4S/c1-26(31(28,29)22-13-9-20(24)10-14-22)21-11-7-19(8-12-21)23(27)25-15-16-30-17-18-5-3-2-4-6-18/h2-14H,15-17H2,1H3,(H,25,27). The van der Waals surface area contributed by atoms with Crippen LogP contribution in [0.3, 0.4) is 0 Å². The van der Waals surface area contributed by atoms with Gasteiger partial charge in [-0.15, -0.1) is 0 Å². The van der Waals surface area contributed by atoms with E-state index in [4.69, 9.17) is 16.3 Å². The lowest BCUT2D eigenvalue weighted by atomic mass is 10.2. The van der Waals surface area contributed by atoms with Crippen LogP contribution in [0.25, 0.3) is 0 Å². The molecule has 3 aromatic carbocycles. The second kappa shape index (κ2) is 10.4. The van der Waals surface area contributed by atoms with Gasteiger partial charge in [0, 0.05) is 24.2 Å². The van der Waals surface area contributed by atoms with Crippen LogP contribution in [0.5, 0.6) is 0 Å². The van der Waals surface area contributed by atoms with Gasteiger partial charge in [-0.2, -0.15) is 0 Å². The Kier molecular flexibility index (Phi) is 7.68. The number of anilines is 1. The minimum atomic E-state index is -3.73. The van der Waals surface area contributed by atoms with Crippen LogP contribution in [0.15, 0.2) is 83.8 Å². The predicted molar refractivity (Wildman–Crippen MR) is 122 cm³/mol. The molecule has 0 atom stereocenters. The summed E-state index contributed by atoms with van der Waals surface area (Å²) in [4.78, 5) is 12.4. The topological polar surface area (TPSA) is 75.7 Å². The Bertz CT molecular complexity index is 1100. The van der Waals surface area contributed by atoms with Crippen molar-refractivity contribution in [3.63, 3.8) is 0 Å². The lowest BCUT2D eigenvalue weighted by molar-refractivity contribution is 0.0901. The molecule has 0 heterocycles. The Morgan fingerprint density at radius 1 is 0.968 bits per heavy atom. The molecule has 3 rings (SSSR count). The molecule has 0 aromatic heterocycles. The number of sulfonamides is 1. The molecular formula is C23H23ClN2O4S. The number of halogens is 1. The maximum atomic E-state index is 12.8. The van der Waals surface area contributed by atoms with Crippen molar-refractivity contribution in [1.82, 2.24) is 5.32 Å². The molecule has 0 fully saturated rings. The SMILES string of the molecule is CN(c1ccc(C(=O)NCCOCc2ccccc2)cc1)S(=O)(=O)c1ccc(Cl)cc1. The van der Waals surface area contributed by atoms with E-state index in [-0.39, 0.29) is 10.8 Å². The summed E-state index contributed by atoms with van der Waals surface area (Å²) in [6, 6.07) is 22.1. The highest BCUT2D eigenvalue weighted by Gasteiger charge is 2.21. The highest BCUT2D eigenvalue weighted by atomic mass is 35.5. The van der Waals surface area contributed by atoms with Crippen LogP contribution in [-0.4, -0.2) is 34.5 Å². The Morgan fingerprint density at radius 3 is 2.26 bits per heavy atom. The van der Waals surface area contributed by atoms with Gasteiger partial charge in [0.15, 0.2) is 0 Å². The van der Waals surface area contributed by atoms with Crippen molar-refractivity contribution in [1.29, 1.82) is 0 Å². The van der Waals surface area contributed by atoms with Crippen LogP contribution in [0.1, 0.15) is 15.9 Å². The fourth-order valence-electron chi connectivity index (χ4n) is 2.83. The maximum Gasteiger partial charge on any atom is 0.264 e. The number of nitrogens with zero attached hydrogens (tertiary/aromatic N) is 1. The number of amides is 1. The Labute approximate surface area is 187 Å². The van der Waals surface area contributed by atoms with Gasteiger partial charge in [-0.3, -0.25) is 9.10 Å². The number of hydrogen-bond acceptors (Lipinski definition) is 4. The predicted octanol–water partition coefficient (Wildman–Crippen LogP) is 4.11. The number of carbonyl (C=O) groups excluding carboxylic acids is 1. The molecule has 0 spiro atoms. The van der Waals surface area contributed by atoms with E-state index in [0.717, 1.165) is 9.87 Å². The third kappa shape index (κ3) is 6.07. The number of nitrogens with one attached hydrogen (secondary N) is 1. The Balaban J connectivity index is 1.52. The summed E-state index contributed by atoms with van der Waals surface area (Å²) in [6.07, 6.45) is 0. The average molecular weight is 459 g/mol. The van der Waals surface area contributed by atoms with Crippen molar-refractivity contribution in [2.24, 2.45) is 0 Å². The summed E-state index contributed by atoms with van der Waals surface area (Å²) in [5.41, 5.74) is 1.95. The summed E-state index contributed by atoms with van der Waals surface area (Å²) in [5, 5.41) is 3.25. The lowest BCUT2D eigenvalue weighted by Crippen LogP contribution is -2.28. The summed E-state index contributed by atoms with van der Waals surface area (Å²) < 4.78 is 32.2. The molecule has 8 heteroatoms. The zero-order valence-corrected chi connectivity index (χ0v) is 18.6. The van der Waals surface area contributed by atoms with Gasteiger partial charge in [-0.1, -0.05) is 41.9 Å². The van der Waals surface area contributed by atoms with E-state index in [2.05, 4.69) is 5.32 Å². The van der Waals surface area contributed by atoms with Crippen LogP contribution in [-0.2, 0) is 21.4 Å². The van der Waals surface area contributed by atoms with Crippen molar-refractivity contribution in [3.8, 4) is 0 Å². The number of carbonyl (C=O) groups is 1. The molecule has 3 aromatic rings. The van der Waals surface area contributed by atoms with E-state index in [1.165, 1.54) is 31.3 Å². The van der Waals surface area contributed by atoms with Gasteiger partial charge in [-0.25, -0.2) is 8.42 Å². The first-order chi connectivity index (χ1) is 14.9. The first-order valence-corrected chi connectivity index (χ1v) is 11.4. The van der Waals surface area contributed by atoms with Gasteiger partial charge in [0.2, 0.25) is 0 Å². The van der Waals surface area contributed by atoms with Crippen LogP contribution >= 0.6 is 11.6 Å². The molecule has 0 radical (unpaired) electrons. The van der Waals surface area contributed by atoms with Gasteiger partial charge in [0.05, 0.1) is 23.8 Å². The highest BCUT2D eigenvalue weighted by molar-refractivity contribution is 7.92. The van der Waals surface area contributed by atoms with Crippen molar-refractivity contribution >= 4 is 33.2 Å². The van der Waals surface area contributed by atoms with E-state index in [1.807, 2.05) is 30.3 Å². The molecular weight excluding hydrogens is 436 g/mol. The highest BCUT2D eigenvalue weighted by Crippen LogP contribution is 2.23. The van der Waals surface area contributed by atoms with E-state index in [9.17, 15) is 13.2 Å². The second-order valence-electron chi connectivity index (χ2n) is 6.77. The molecule has 1 N–H and O–H groups in total. The van der Waals surface area contributed by atoms with Gasteiger partial charge in [-0.05, 0) is 54.1 Å². The summed E-state index contributed by atoms with van der Waals surface area (Å²) in [6.45, 7) is 1.25. The first-order valence-electron chi connectivity index (χ1n) is 9.62. The minimum Gasteiger partial charge on any atom is -0.375 e. The third-order valence-corrected chi connectivity index (χ3v) is 6.66. The lowest BCUT2D eigenvalue weighted by Gasteiger charge is -2.19. The second-order valence-corrected chi connectivity index (χ2v) is 9.17. The fourth-order valence-corrected chi connectivity index (χ4v) is 4.15. The Morgan fingerprint density at radius 2 is 1.61 bits per heavy atom. The number of hydrogen-bond donors (Lipinski definition) is 1. The average Bonchev–Trinajstić information content (AvgIpc) is 2.79. The molecule has 162 valence electrons. The Hall–Kier alpha value is -2.87. The van der Waals surface area contributed by atoms with E-state index >= 15 is 0 Å². The normalized spacial score (nSPS) is 11.2. The number of rotatable bonds is 9. The van der Waals surface area contributed by atoms with E-state index in [1.54, 1.807) is 24.3 Å². The molecule has 6 nitrogen and oxygen atoms in total. The third-order valence-electron chi connectivity index (χ3n) is 4.61. The smallest absolute Gasteiger partial charge is 0.264 e. The molecule has 0 saturated carbocycles. The van der Waals surface area contributed by atoms with E-state index < -0.39 is 10.0 Å². The minimum absolute atomic E-state index is 0.136. The molecule has 31 heavy (non-hydrogen) atoms. The molecule has 0 aliphatic heterocycles. The molecule has 0 bridgehead atoms. The molecule has 0 aliphatic carbocycles. The van der Waals surface area contributed by atoms with Gasteiger partial charge >= 0.3 is 0 Å². The number of benzene rings is 3. The largest absolute Gasteiger partial charge is 0.375 e. The zero-order chi connectivity index (χ0) is 22.3. The van der Waals surface area contributed by atoms with Gasteiger partial charge in [0.1, 0.15) is 0 Å². The monoisotopic (exact) mass is 458 g/mol. The fraction of sp³-hybridized carbons (Fsp3) is 0.174. The van der Waals surface area contributed by atoms with Crippen molar-refractivity contribution < 1.29 is 17.9 Å². The van der Waals surface area contributed by atoms with E-state index in [0.29, 0.717) is 36.0 Å². The zero-order valence-electron chi connectivity index (χ0n) is 17.0. The summed E-state index contributed by atoms with van der Waals surface area (Å²) >= 11 is 5.83. The first kappa shape index (κ1) is 22.8. The van der Waals surface area contributed by atoms with Crippen molar-refractivity contribution in [2.75, 3.05) is 24.5 Å². The quantitative estimate of drug-likeness (QED) is 0.489. The van der Waals surface area contributed by atoms with Crippen molar-refractivity contribution in [3.05, 3.63) is 95.0 Å². The maximum absolute atomic E-state index is 12.8. The molecule has 0 unspecified atom stereocenters. The van der Waals surface area contributed by atoms with Crippen LogP contribution in [0.2, 0.25) is 5.02 Å². The molecule has 1 amide bonds. The van der Waals surface area contributed by atoms with Gasteiger partial charge in [0.25, 0.3) is 15.9 Å². The number of ether oxygens (including phenoxy) is 1. The van der Waals surface area contributed by atoms with Crippen molar-refractivity contribution in [2.45, 2.75) is 11.5 Å². The van der Waals surface area contributed by atoms with Crippen LogP contribution < -0.4 is 9.62 Å². The summed E-state index contributed by atoms with van der Waals surface area (Å²) in [7, 11) is -2.27. The summed E-state index contributed by atoms with van der Waals surface area (Å²) in [5.74, 6) is -0.252. The van der Waals surface area contributed by atoms with Crippen LogP contribution in [0.4, 0.5) is 5.69 Å². The molecule has 0 aliphatic rings. The van der Waals surface area contributed by atoms with Crippen LogP contribution in [0, 0.1) is 0 Å². The molecule has 0 saturated heterocycles.